The van der Waals surface area contributed by atoms with Crippen molar-refractivity contribution in [2.24, 2.45) is 0 Å². The number of pyridine rings is 1. The highest BCUT2D eigenvalue weighted by molar-refractivity contribution is 6.08. The van der Waals surface area contributed by atoms with Gasteiger partial charge in [-0.3, -0.25) is 0 Å². The van der Waals surface area contributed by atoms with Gasteiger partial charge < -0.3 is 31.2 Å². The van der Waals surface area contributed by atoms with E-state index in [1.165, 1.54) is 6.21 Å². The smallest absolute Gasteiger partial charge is 0.166 e. The normalized spacial score (nSPS) is 16.8. The number of hydrogen-bond donors (Lipinski definition) is 4. The topological polar surface area (TPSA) is 107 Å². The number of ether oxygens (including phenoxy) is 1. The first-order chi connectivity index (χ1) is 16.3. The van der Waals surface area contributed by atoms with E-state index in [0.29, 0.717) is 30.6 Å². The van der Waals surface area contributed by atoms with Gasteiger partial charge in [-0.15, -0.1) is 0 Å². The number of aliphatic hydroxyl groups is 1. The third kappa shape index (κ3) is 7.34. The Labute approximate surface area is 202 Å². The summed E-state index contributed by atoms with van der Waals surface area (Å²) in [6.45, 7) is 6.03. The molecule has 5 N–H and O–H groups in total. The fraction of sp³-hybridized carbons (Fsp3) is 0.407. The first kappa shape index (κ1) is 25.3. The van der Waals surface area contributed by atoms with Gasteiger partial charge in [0.2, 0.25) is 0 Å². The molecule has 1 aliphatic rings. The number of nitrogens with one attached hydrogen (secondary N) is 2. The summed E-state index contributed by atoms with van der Waals surface area (Å²) in [4.78, 5) is 6.60. The van der Waals surface area contributed by atoms with Gasteiger partial charge in [0, 0.05) is 41.4 Å². The summed E-state index contributed by atoms with van der Waals surface area (Å²) >= 11 is 0. The van der Waals surface area contributed by atoms with E-state index in [1.807, 2.05) is 43.5 Å². The molecule has 3 rings (SSSR count). The molecule has 1 saturated heterocycles. The minimum Gasteiger partial charge on any atom is -0.485 e. The Hall–Kier alpha value is -3.34. The van der Waals surface area contributed by atoms with Crippen LogP contribution in [0.1, 0.15) is 49.8 Å². The predicted octanol–water partition coefficient (Wildman–Crippen LogP) is 3.43. The number of rotatable bonds is 8. The molecule has 7 nitrogen and oxygen atoms in total. The van der Waals surface area contributed by atoms with Crippen LogP contribution in [0.15, 0.2) is 42.7 Å². The first-order valence-corrected chi connectivity index (χ1v) is 11.7. The van der Waals surface area contributed by atoms with E-state index in [-0.39, 0.29) is 0 Å². The van der Waals surface area contributed by atoms with Crippen LogP contribution in [0.25, 0.3) is 5.57 Å². The SMILES string of the molecule is CCC(C)(O)C#Cc1cccc(COc2cc(/C(C=N)=C/NC3CCN(C)CC3)cnc2N)c1. The highest BCUT2D eigenvalue weighted by atomic mass is 16.5. The summed E-state index contributed by atoms with van der Waals surface area (Å²) in [5.41, 5.74) is 8.28. The molecule has 1 aromatic heterocycles. The number of benzene rings is 1. The van der Waals surface area contributed by atoms with Gasteiger partial charge in [0.15, 0.2) is 11.6 Å². The molecule has 2 heterocycles. The van der Waals surface area contributed by atoms with Crippen LogP contribution < -0.4 is 15.8 Å². The van der Waals surface area contributed by atoms with Gasteiger partial charge in [0.1, 0.15) is 12.2 Å². The summed E-state index contributed by atoms with van der Waals surface area (Å²) in [7, 11) is 2.14. The number of allylic oxidation sites excluding steroid dienone is 1. The van der Waals surface area contributed by atoms with Crippen molar-refractivity contribution in [1.82, 2.24) is 15.2 Å². The van der Waals surface area contributed by atoms with Gasteiger partial charge in [-0.25, -0.2) is 4.98 Å². The summed E-state index contributed by atoms with van der Waals surface area (Å²) in [6.07, 6.45) is 7.56. The zero-order valence-electron chi connectivity index (χ0n) is 20.3. The van der Waals surface area contributed by atoms with Crippen LogP contribution in [0.5, 0.6) is 5.75 Å². The van der Waals surface area contributed by atoms with Gasteiger partial charge in [0.25, 0.3) is 0 Å². The number of nitrogens with two attached hydrogens (primary N) is 1. The molecule has 34 heavy (non-hydrogen) atoms. The highest BCUT2D eigenvalue weighted by Gasteiger charge is 2.16. The fourth-order valence-corrected chi connectivity index (χ4v) is 3.51. The minimum atomic E-state index is -1.00. The van der Waals surface area contributed by atoms with Crippen LogP contribution in [0.3, 0.4) is 0 Å². The maximum absolute atomic E-state index is 10.1. The number of nitrogen functional groups attached to an aromatic ring is 1. The largest absolute Gasteiger partial charge is 0.485 e. The molecule has 2 aromatic rings. The third-order valence-corrected chi connectivity index (χ3v) is 6.05. The molecule has 0 saturated carbocycles. The molecule has 0 radical (unpaired) electrons. The van der Waals surface area contributed by atoms with E-state index in [4.69, 9.17) is 15.9 Å². The predicted molar refractivity (Wildman–Crippen MR) is 138 cm³/mol. The van der Waals surface area contributed by atoms with Crippen LogP contribution in [0.4, 0.5) is 5.82 Å². The van der Waals surface area contributed by atoms with Gasteiger partial charge in [-0.1, -0.05) is 30.9 Å². The molecule has 7 heteroatoms. The number of anilines is 1. The van der Waals surface area contributed by atoms with Gasteiger partial charge in [0.05, 0.1) is 0 Å². The molecule has 1 aromatic carbocycles. The Morgan fingerprint density at radius 2 is 2.15 bits per heavy atom. The molecule has 1 atom stereocenters. The molecule has 180 valence electrons. The summed E-state index contributed by atoms with van der Waals surface area (Å²) < 4.78 is 5.97. The summed E-state index contributed by atoms with van der Waals surface area (Å²) in [6, 6.07) is 9.91. The summed E-state index contributed by atoms with van der Waals surface area (Å²) in [5.74, 6) is 6.69. The Bertz CT molecular complexity index is 1080. The number of hydrogen-bond acceptors (Lipinski definition) is 7. The lowest BCUT2D eigenvalue weighted by atomic mass is 10.0. The third-order valence-electron chi connectivity index (χ3n) is 6.05. The van der Waals surface area contributed by atoms with E-state index in [9.17, 15) is 5.11 Å². The van der Waals surface area contributed by atoms with Crippen molar-refractivity contribution in [2.45, 2.75) is 51.4 Å². The molecule has 1 aliphatic heterocycles. The van der Waals surface area contributed by atoms with E-state index in [0.717, 1.165) is 48.2 Å². The Kier molecular flexibility index (Phi) is 8.69. The highest BCUT2D eigenvalue weighted by Crippen LogP contribution is 2.25. The van der Waals surface area contributed by atoms with E-state index >= 15 is 0 Å². The van der Waals surface area contributed by atoms with E-state index in [1.54, 1.807) is 13.1 Å². The number of likely N-dealkylation sites (tertiary alicyclic amines) is 1. The second-order valence-electron chi connectivity index (χ2n) is 8.96. The number of aromatic nitrogens is 1. The Morgan fingerprint density at radius 3 is 2.85 bits per heavy atom. The molecule has 0 spiro atoms. The van der Waals surface area contributed by atoms with Crippen molar-refractivity contribution in [3.63, 3.8) is 0 Å². The number of piperidine rings is 1. The Morgan fingerprint density at radius 1 is 1.38 bits per heavy atom. The first-order valence-electron chi connectivity index (χ1n) is 11.7. The maximum atomic E-state index is 10.1. The van der Waals surface area contributed by atoms with Crippen LogP contribution >= 0.6 is 0 Å². The van der Waals surface area contributed by atoms with Crippen molar-refractivity contribution in [1.29, 1.82) is 5.41 Å². The van der Waals surface area contributed by atoms with Crippen LogP contribution in [0.2, 0.25) is 0 Å². The summed E-state index contributed by atoms with van der Waals surface area (Å²) in [5, 5.41) is 21.4. The van der Waals surface area contributed by atoms with Crippen LogP contribution in [0, 0.1) is 17.3 Å². The monoisotopic (exact) mass is 461 g/mol. The second-order valence-corrected chi connectivity index (χ2v) is 8.96. The molecular formula is C27H35N5O2. The molecule has 0 amide bonds. The van der Waals surface area contributed by atoms with Gasteiger partial charge >= 0.3 is 0 Å². The zero-order chi connectivity index (χ0) is 24.6. The van der Waals surface area contributed by atoms with Crippen molar-refractivity contribution in [3.8, 4) is 17.6 Å². The molecule has 1 unspecified atom stereocenters. The van der Waals surface area contributed by atoms with Gasteiger partial charge in [-0.2, -0.15) is 0 Å². The number of nitrogens with zero attached hydrogens (tertiary/aromatic N) is 2. The van der Waals surface area contributed by atoms with E-state index in [2.05, 4.69) is 34.1 Å². The lowest BCUT2D eigenvalue weighted by Gasteiger charge is -2.29. The van der Waals surface area contributed by atoms with E-state index < -0.39 is 5.60 Å². The average molecular weight is 462 g/mol. The molecule has 0 bridgehead atoms. The van der Waals surface area contributed by atoms with Crippen molar-refractivity contribution in [3.05, 3.63) is 59.4 Å². The van der Waals surface area contributed by atoms with Crippen LogP contribution in [-0.2, 0) is 6.61 Å². The maximum Gasteiger partial charge on any atom is 0.166 e. The van der Waals surface area contributed by atoms with Crippen molar-refractivity contribution >= 4 is 17.6 Å². The van der Waals surface area contributed by atoms with Crippen molar-refractivity contribution in [2.75, 3.05) is 25.9 Å². The van der Waals surface area contributed by atoms with Crippen molar-refractivity contribution < 1.29 is 9.84 Å². The standard InChI is InChI=1S/C27H35N5O2/c1-4-27(2,33)11-8-20-6-5-7-21(14-20)19-34-25-15-22(17-31-26(25)29)23(16-28)18-30-24-9-12-32(3)13-10-24/h5-7,14-18,24,28,30,33H,4,9-10,12-13,19H2,1-3H3,(H2,29,31)/b23-18+,28-16?. The molecular weight excluding hydrogens is 426 g/mol. The molecule has 1 fully saturated rings. The second kappa shape index (κ2) is 11.7. The van der Waals surface area contributed by atoms with Crippen LogP contribution in [-0.4, -0.2) is 53.0 Å². The average Bonchev–Trinajstić information content (AvgIpc) is 2.84. The lowest BCUT2D eigenvalue weighted by molar-refractivity contribution is 0.118. The minimum absolute atomic E-state index is 0.297. The van der Waals surface area contributed by atoms with Gasteiger partial charge in [-0.05, 0) is 70.1 Å². The molecule has 0 aliphatic carbocycles. The zero-order valence-corrected chi connectivity index (χ0v) is 20.3. The Balaban J connectivity index is 1.69. The quantitative estimate of drug-likeness (QED) is 0.354. The lowest BCUT2D eigenvalue weighted by Crippen LogP contribution is -2.38. The fourth-order valence-electron chi connectivity index (χ4n) is 3.51.